The van der Waals surface area contributed by atoms with Crippen LogP contribution in [0.2, 0.25) is 0 Å². The smallest absolute Gasteiger partial charge is 0.302 e. The lowest BCUT2D eigenvalue weighted by Crippen LogP contribution is -1.95. The summed E-state index contributed by atoms with van der Waals surface area (Å²) in [6.07, 6.45) is 0. The zero-order valence-corrected chi connectivity index (χ0v) is 65.4. The van der Waals surface area contributed by atoms with Gasteiger partial charge in [-0.25, -0.2) is 0 Å². The third kappa shape index (κ3) is 525. The van der Waals surface area contributed by atoms with Crippen LogP contribution in [0.15, 0.2) is 0 Å². The lowest BCUT2D eigenvalue weighted by atomic mass is 10.8. The first kappa shape index (κ1) is 170. The molecule has 0 atom stereocenters. The van der Waals surface area contributed by atoms with Crippen molar-refractivity contribution in [3.63, 3.8) is 0 Å². The van der Waals surface area contributed by atoms with Crippen molar-refractivity contribution < 1.29 is 198 Å². The van der Waals surface area contributed by atoms with Gasteiger partial charge in [-0.2, -0.15) is 0 Å². The van der Waals surface area contributed by atoms with Gasteiger partial charge in [0, 0.05) is 104 Å². The fraction of sp³-hybridized carbons (Fsp3) is 0.750. The van der Waals surface area contributed by atoms with Crippen LogP contribution in [-0.4, -0.2) is 243 Å². The maximum atomic E-state index is 9.82. The summed E-state index contributed by atoms with van der Waals surface area (Å²) in [5.41, 5.74) is 0. The highest BCUT2D eigenvalue weighted by Crippen LogP contribution is 1.77. The normalized spacial score (nSPS) is 6.90. The van der Waals surface area contributed by atoms with Gasteiger partial charge < -0.3 is 126 Å². The fourth-order valence-electron chi connectivity index (χ4n) is 3.05. The standard InChI is InChI=1S/15C4H8O2.10H2O/c15*1-3-6-4(2)5;;;;;;;;;;/h15*3H2,1-2H3;10*1H2. The molecule has 0 amide bonds. The van der Waals surface area contributed by atoms with Crippen LogP contribution in [0.5, 0.6) is 0 Å². The molecular formula is C60H140O40. The molecule has 0 spiro atoms. The van der Waals surface area contributed by atoms with Crippen molar-refractivity contribution in [2.45, 2.75) is 208 Å². The molecule has 20 N–H and O–H groups in total. The van der Waals surface area contributed by atoms with Crippen LogP contribution in [0, 0.1) is 0 Å². The van der Waals surface area contributed by atoms with E-state index in [1.54, 1.807) is 104 Å². The molecule has 0 radical (unpaired) electrons. The predicted octanol–water partition coefficient (Wildman–Crippen LogP) is 0.294. The van der Waals surface area contributed by atoms with Crippen LogP contribution < -0.4 is 0 Å². The highest BCUT2D eigenvalue weighted by Gasteiger charge is 1.89. The molecule has 0 aliphatic rings. The Morgan fingerprint density at radius 1 is 0.120 bits per heavy atom. The number of ether oxygens (including phenoxy) is 15. The Balaban J connectivity index is -0.0000000260. The molecule has 0 saturated carbocycles. The van der Waals surface area contributed by atoms with Crippen molar-refractivity contribution in [3.05, 3.63) is 0 Å². The highest BCUT2D eigenvalue weighted by molar-refractivity contribution is 5.69. The Labute approximate surface area is 592 Å². The monoisotopic (exact) mass is 1500 g/mol. The Kier molecular flexibility index (Phi) is 278. The van der Waals surface area contributed by atoms with Gasteiger partial charge in [-0.3, -0.25) is 71.9 Å². The average molecular weight is 1500 g/mol. The van der Waals surface area contributed by atoms with Crippen molar-refractivity contribution in [1.82, 2.24) is 0 Å². The van der Waals surface area contributed by atoms with Crippen molar-refractivity contribution in [3.8, 4) is 0 Å². The van der Waals surface area contributed by atoms with E-state index in [1.807, 2.05) is 0 Å². The lowest BCUT2D eigenvalue weighted by molar-refractivity contribution is -0.141. The average Bonchev–Trinajstić information content (AvgIpc) is 3.36. The molecule has 0 fully saturated rings. The number of carbonyl (C=O) groups excluding carboxylic acids is 15. The number of hydrogen-bond donors (Lipinski definition) is 0. The lowest BCUT2D eigenvalue weighted by Gasteiger charge is -1.89. The van der Waals surface area contributed by atoms with Crippen LogP contribution >= 0.6 is 0 Å². The fourth-order valence-corrected chi connectivity index (χ4v) is 3.05. The molecule has 620 valence electrons. The van der Waals surface area contributed by atoms with E-state index >= 15 is 0 Å². The molecular weight excluding hydrogens is 1360 g/mol. The van der Waals surface area contributed by atoms with Crippen LogP contribution in [0.1, 0.15) is 208 Å². The number of rotatable bonds is 15. The Hall–Kier alpha value is -8.35. The van der Waals surface area contributed by atoms with Crippen molar-refractivity contribution >= 4 is 89.5 Å². The molecule has 0 heterocycles. The molecule has 0 aliphatic heterocycles. The van der Waals surface area contributed by atoms with E-state index in [-0.39, 0.29) is 144 Å². The summed E-state index contributed by atoms with van der Waals surface area (Å²) in [6.45, 7) is 54.8. The number of esters is 15. The first-order chi connectivity index (χ1) is 41.6. The molecule has 0 unspecified atom stereocenters. The molecule has 0 aromatic carbocycles. The summed E-state index contributed by atoms with van der Waals surface area (Å²) in [5, 5.41) is 0. The summed E-state index contributed by atoms with van der Waals surface area (Å²) in [4.78, 5) is 147. The van der Waals surface area contributed by atoms with Crippen LogP contribution in [0.3, 0.4) is 0 Å². The van der Waals surface area contributed by atoms with Crippen molar-refractivity contribution in [2.24, 2.45) is 0 Å². The first-order valence-corrected chi connectivity index (χ1v) is 28.6. The van der Waals surface area contributed by atoms with Gasteiger partial charge in [-0.15, -0.1) is 0 Å². The third-order valence-electron chi connectivity index (χ3n) is 5.21. The first-order valence-electron chi connectivity index (χ1n) is 28.6. The summed E-state index contributed by atoms with van der Waals surface area (Å²) in [6, 6.07) is 0. The molecule has 0 bridgehead atoms. The second-order valence-electron chi connectivity index (χ2n) is 13.9. The van der Waals surface area contributed by atoms with Gasteiger partial charge in [-0.05, 0) is 104 Å². The van der Waals surface area contributed by atoms with Gasteiger partial charge in [0.2, 0.25) is 0 Å². The van der Waals surface area contributed by atoms with Crippen molar-refractivity contribution in [2.75, 3.05) is 99.1 Å². The molecule has 0 rings (SSSR count). The van der Waals surface area contributed by atoms with Gasteiger partial charge in [0.05, 0.1) is 99.1 Å². The molecule has 0 saturated heterocycles. The molecule has 0 aromatic rings. The van der Waals surface area contributed by atoms with Gasteiger partial charge in [-0.1, -0.05) is 0 Å². The Morgan fingerprint density at radius 3 is 0.150 bits per heavy atom. The molecule has 0 aliphatic carbocycles. The maximum absolute atomic E-state index is 9.82. The largest absolute Gasteiger partial charge is 0.466 e. The Morgan fingerprint density at radius 2 is 0.150 bits per heavy atom. The van der Waals surface area contributed by atoms with E-state index in [4.69, 9.17) is 0 Å². The summed E-state index contributed by atoms with van der Waals surface area (Å²) in [5.74, 6) is -3.16. The second-order valence-corrected chi connectivity index (χ2v) is 13.9. The molecule has 100 heavy (non-hydrogen) atoms. The topological polar surface area (TPSA) is 710 Å². The van der Waals surface area contributed by atoms with E-state index < -0.39 is 0 Å². The number of hydrogen-bond acceptors (Lipinski definition) is 30. The summed E-state index contributed by atoms with van der Waals surface area (Å²) < 4.78 is 66.0. The van der Waals surface area contributed by atoms with E-state index in [2.05, 4.69) is 71.1 Å². The van der Waals surface area contributed by atoms with E-state index in [9.17, 15) is 71.9 Å². The quantitative estimate of drug-likeness (QED) is 0.157. The minimum Gasteiger partial charge on any atom is -0.466 e. The molecule has 40 nitrogen and oxygen atoms in total. The number of carbonyl (C=O) groups is 15. The highest BCUT2D eigenvalue weighted by atomic mass is 16.6. The minimum absolute atomic E-state index is 0. The minimum atomic E-state index is -0.211. The molecule has 0 aromatic heterocycles. The van der Waals surface area contributed by atoms with E-state index in [0.717, 1.165) is 0 Å². The van der Waals surface area contributed by atoms with E-state index in [0.29, 0.717) is 99.1 Å². The zero-order chi connectivity index (χ0) is 74.9. The van der Waals surface area contributed by atoms with Crippen LogP contribution in [0.25, 0.3) is 0 Å². The molecule has 40 heteroatoms. The maximum Gasteiger partial charge on any atom is 0.302 e. The van der Waals surface area contributed by atoms with Crippen molar-refractivity contribution in [1.29, 1.82) is 0 Å². The summed E-state index contributed by atoms with van der Waals surface area (Å²) >= 11 is 0. The van der Waals surface area contributed by atoms with E-state index in [1.165, 1.54) is 104 Å². The second kappa shape index (κ2) is 164. The third-order valence-corrected chi connectivity index (χ3v) is 5.21. The summed E-state index contributed by atoms with van der Waals surface area (Å²) in [7, 11) is 0. The van der Waals surface area contributed by atoms with Crippen LogP contribution in [0.4, 0.5) is 0 Å². The Bertz CT molecular complexity index is 1230. The van der Waals surface area contributed by atoms with Gasteiger partial charge in [0.25, 0.3) is 0 Å². The van der Waals surface area contributed by atoms with Gasteiger partial charge in [0.15, 0.2) is 0 Å². The van der Waals surface area contributed by atoms with Gasteiger partial charge >= 0.3 is 89.5 Å². The zero-order valence-electron chi connectivity index (χ0n) is 65.4. The predicted molar refractivity (Wildman–Crippen MR) is 371 cm³/mol. The van der Waals surface area contributed by atoms with Crippen LogP contribution in [-0.2, 0) is 143 Å². The SMILES string of the molecule is CCOC(C)=O.CCOC(C)=O.CCOC(C)=O.CCOC(C)=O.CCOC(C)=O.CCOC(C)=O.CCOC(C)=O.CCOC(C)=O.CCOC(C)=O.CCOC(C)=O.CCOC(C)=O.CCOC(C)=O.CCOC(C)=O.CCOC(C)=O.CCOC(C)=O.O.O.O.O.O.O.O.O.O.O. The van der Waals surface area contributed by atoms with Gasteiger partial charge in [0.1, 0.15) is 0 Å².